The van der Waals surface area contributed by atoms with Gasteiger partial charge in [-0.15, -0.1) is 0 Å². The molecule has 1 aliphatic rings. The van der Waals surface area contributed by atoms with Crippen LogP contribution in [0.15, 0.2) is 18.2 Å². The highest BCUT2D eigenvalue weighted by atomic mass is 19.1. The lowest BCUT2D eigenvalue weighted by Gasteiger charge is -2.26. The third-order valence-corrected chi connectivity index (χ3v) is 3.23. The van der Waals surface area contributed by atoms with Crippen molar-refractivity contribution in [3.8, 4) is 5.75 Å². The minimum absolute atomic E-state index is 0.242. The Balaban J connectivity index is 1.88. The van der Waals surface area contributed by atoms with Crippen LogP contribution < -0.4 is 10.5 Å². The van der Waals surface area contributed by atoms with Crippen LogP contribution in [0.2, 0.25) is 0 Å². The van der Waals surface area contributed by atoms with Gasteiger partial charge in [-0.05, 0) is 25.1 Å². The smallest absolute Gasteiger partial charge is 0.124 e. The molecule has 1 heterocycles. The van der Waals surface area contributed by atoms with Crippen molar-refractivity contribution in [2.45, 2.75) is 13.0 Å². The predicted octanol–water partition coefficient (Wildman–Crippen LogP) is 1.56. The van der Waals surface area contributed by atoms with E-state index in [-0.39, 0.29) is 11.9 Å². The lowest BCUT2D eigenvalue weighted by atomic mass is 10.1. The Labute approximate surface area is 113 Å². The summed E-state index contributed by atoms with van der Waals surface area (Å²) in [5.41, 5.74) is 6.53. The minimum atomic E-state index is -0.284. The van der Waals surface area contributed by atoms with Crippen molar-refractivity contribution in [3.05, 3.63) is 29.6 Å². The number of ether oxygens (including phenoxy) is 2. The Morgan fingerprint density at radius 2 is 2.16 bits per heavy atom. The van der Waals surface area contributed by atoms with Crippen LogP contribution in [0.3, 0.4) is 0 Å². The zero-order valence-corrected chi connectivity index (χ0v) is 11.3. The Kier molecular flexibility index (Phi) is 5.13. The Morgan fingerprint density at radius 1 is 1.42 bits per heavy atom. The van der Waals surface area contributed by atoms with Crippen molar-refractivity contribution < 1.29 is 13.9 Å². The maximum absolute atomic E-state index is 13.2. The third-order valence-electron chi connectivity index (χ3n) is 3.23. The van der Waals surface area contributed by atoms with Crippen LogP contribution in [0.25, 0.3) is 0 Å². The van der Waals surface area contributed by atoms with Crippen molar-refractivity contribution in [3.63, 3.8) is 0 Å². The fourth-order valence-electron chi connectivity index (χ4n) is 2.12. The van der Waals surface area contributed by atoms with Crippen molar-refractivity contribution >= 4 is 0 Å². The fraction of sp³-hybridized carbons (Fsp3) is 0.571. The molecule has 0 aromatic heterocycles. The monoisotopic (exact) mass is 268 g/mol. The number of hydrogen-bond donors (Lipinski definition) is 1. The van der Waals surface area contributed by atoms with Gasteiger partial charge in [0, 0.05) is 31.2 Å². The number of halogens is 1. The molecule has 1 saturated heterocycles. The summed E-state index contributed by atoms with van der Waals surface area (Å²) in [4.78, 5) is 2.29. The van der Waals surface area contributed by atoms with E-state index >= 15 is 0 Å². The molecule has 1 aromatic carbocycles. The van der Waals surface area contributed by atoms with E-state index in [0.717, 1.165) is 32.8 Å². The van der Waals surface area contributed by atoms with E-state index in [1.165, 1.54) is 12.1 Å². The first kappa shape index (κ1) is 14.2. The van der Waals surface area contributed by atoms with Gasteiger partial charge in [-0.25, -0.2) is 4.39 Å². The second kappa shape index (κ2) is 6.84. The number of morpholine rings is 1. The van der Waals surface area contributed by atoms with Crippen LogP contribution in [0.4, 0.5) is 4.39 Å². The zero-order valence-electron chi connectivity index (χ0n) is 11.3. The average Bonchev–Trinajstić information content (AvgIpc) is 2.41. The van der Waals surface area contributed by atoms with Crippen LogP contribution in [-0.4, -0.2) is 44.4 Å². The number of benzene rings is 1. The van der Waals surface area contributed by atoms with Crippen LogP contribution in [0, 0.1) is 5.82 Å². The van der Waals surface area contributed by atoms with Crippen molar-refractivity contribution in [1.29, 1.82) is 0 Å². The standard InChI is InChI=1S/C14H21FN2O2/c1-11(16)13-10-12(15)2-3-14(13)19-9-6-17-4-7-18-8-5-17/h2-3,10-11H,4-9,16H2,1H3/t11-/m1/s1. The number of hydrogen-bond acceptors (Lipinski definition) is 4. The maximum Gasteiger partial charge on any atom is 0.124 e. The van der Waals surface area contributed by atoms with Crippen LogP contribution in [0.5, 0.6) is 5.75 Å². The van der Waals surface area contributed by atoms with Gasteiger partial charge in [-0.1, -0.05) is 0 Å². The third kappa shape index (κ3) is 4.16. The van der Waals surface area contributed by atoms with E-state index in [9.17, 15) is 4.39 Å². The van der Waals surface area contributed by atoms with Gasteiger partial charge in [-0.3, -0.25) is 4.90 Å². The lowest BCUT2D eigenvalue weighted by molar-refractivity contribution is 0.0322. The van der Waals surface area contributed by atoms with Gasteiger partial charge in [0.2, 0.25) is 0 Å². The molecule has 2 rings (SSSR count). The molecule has 1 aromatic rings. The summed E-state index contributed by atoms with van der Waals surface area (Å²) < 4.78 is 24.2. The van der Waals surface area contributed by atoms with Gasteiger partial charge < -0.3 is 15.2 Å². The summed E-state index contributed by atoms with van der Waals surface area (Å²) in [5.74, 6) is 0.387. The first-order valence-corrected chi connectivity index (χ1v) is 6.65. The molecule has 1 atom stereocenters. The molecular weight excluding hydrogens is 247 g/mol. The number of nitrogens with two attached hydrogens (primary N) is 1. The molecule has 1 fully saturated rings. The zero-order chi connectivity index (χ0) is 13.7. The molecule has 19 heavy (non-hydrogen) atoms. The summed E-state index contributed by atoms with van der Waals surface area (Å²) >= 11 is 0. The van der Waals surface area contributed by atoms with Crippen LogP contribution in [-0.2, 0) is 4.74 Å². The van der Waals surface area contributed by atoms with E-state index in [0.29, 0.717) is 17.9 Å². The molecule has 4 nitrogen and oxygen atoms in total. The number of rotatable bonds is 5. The molecule has 1 aliphatic heterocycles. The van der Waals surface area contributed by atoms with Crippen LogP contribution >= 0.6 is 0 Å². The first-order valence-electron chi connectivity index (χ1n) is 6.65. The molecule has 0 amide bonds. The molecule has 0 saturated carbocycles. The fourth-order valence-corrected chi connectivity index (χ4v) is 2.12. The summed E-state index contributed by atoms with van der Waals surface area (Å²) in [7, 11) is 0. The maximum atomic E-state index is 13.2. The highest BCUT2D eigenvalue weighted by Crippen LogP contribution is 2.24. The Bertz CT molecular complexity index is 406. The van der Waals surface area contributed by atoms with Gasteiger partial charge in [0.25, 0.3) is 0 Å². The summed E-state index contributed by atoms with van der Waals surface area (Å²) in [6.45, 7) is 6.68. The van der Waals surface area contributed by atoms with Crippen molar-refractivity contribution in [2.75, 3.05) is 39.5 Å². The molecule has 0 aliphatic carbocycles. The van der Waals surface area contributed by atoms with Crippen molar-refractivity contribution in [2.24, 2.45) is 5.73 Å². The average molecular weight is 268 g/mol. The first-order chi connectivity index (χ1) is 9.16. The molecular formula is C14H21FN2O2. The molecule has 106 valence electrons. The molecule has 0 unspecified atom stereocenters. The van der Waals surface area contributed by atoms with E-state index in [1.807, 2.05) is 6.92 Å². The number of nitrogens with zero attached hydrogens (tertiary/aromatic N) is 1. The van der Waals surface area contributed by atoms with Crippen LogP contribution in [0.1, 0.15) is 18.5 Å². The Hall–Kier alpha value is -1.17. The largest absolute Gasteiger partial charge is 0.492 e. The summed E-state index contributed by atoms with van der Waals surface area (Å²) in [6, 6.07) is 4.24. The molecule has 2 N–H and O–H groups in total. The normalized spacial score (nSPS) is 18.3. The van der Waals surface area contributed by atoms with E-state index < -0.39 is 0 Å². The molecule has 0 bridgehead atoms. The Morgan fingerprint density at radius 3 is 2.84 bits per heavy atom. The molecule has 0 spiro atoms. The predicted molar refractivity (Wildman–Crippen MR) is 71.8 cm³/mol. The van der Waals surface area contributed by atoms with Gasteiger partial charge in [-0.2, -0.15) is 0 Å². The van der Waals surface area contributed by atoms with Gasteiger partial charge in [0.1, 0.15) is 18.2 Å². The second-order valence-electron chi connectivity index (χ2n) is 4.77. The quantitative estimate of drug-likeness (QED) is 0.880. The second-order valence-corrected chi connectivity index (χ2v) is 4.77. The summed E-state index contributed by atoms with van der Waals surface area (Å²) in [5, 5.41) is 0. The van der Waals surface area contributed by atoms with E-state index in [1.54, 1.807) is 6.07 Å². The summed E-state index contributed by atoms with van der Waals surface area (Å²) in [6.07, 6.45) is 0. The van der Waals surface area contributed by atoms with E-state index in [2.05, 4.69) is 4.90 Å². The van der Waals surface area contributed by atoms with E-state index in [4.69, 9.17) is 15.2 Å². The van der Waals surface area contributed by atoms with Gasteiger partial charge in [0.05, 0.1) is 13.2 Å². The van der Waals surface area contributed by atoms with Gasteiger partial charge in [0.15, 0.2) is 0 Å². The SMILES string of the molecule is C[C@@H](N)c1cc(F)ccc1OCCN1CCOCC1. The molecule has 5 heteroatoms. The highest BCUT2D eigenvalue weighted by molar-refractivity contribution is 5.36. The minimum Gasteiger partial charge on any atom is -0.492 e. The highest BCUT2D eigenvalue weighted by Gasteiger charge is 2.12. The van der Waals surface area contributed by atoms with Crippen molar-refractivity contribution in [1.82, 2.24) is 4.90 Å². The van der Waals surface area contributed by atoms with Gasteiger partial charge >= 0.3 is 0 Å². The lowest BCUT2D eigenvalue weighted by Crippen LogP contribution is -2.38. The molecule has 0 radical (unpaired) electrons. The topological polar surface area (TPSA) is 47.7 Å².